The molecule has 0 aromatic rings. The maximum atomic E-state index is 12.6. The molecule has 7 nitrogen and oxygen atoms in total. The van der Waals surface area contributed by atoms with Crippen molar-refractivity contribution in [3.05, 3.63) is 0 Å². The van der Waals surface area contributed by atoms with Crippen molar-refractivity contribution in [2.45, 2.75) is 72.6 Å². The Morgan fingerprint density at radius 1 is 1.00 bits per heavy atom. The number of carbonyl (C=O) groups is 3. The van der Waals surface area contributed by atoms with Crippen molar-refractivity contribution in [2.75, 3.05) is 7.11 Å². The molecule has 7 heteroatoms. The highest BCUT2D eigenvalue weighted by atomic mass is 16.6. The van der Waals surface area contributed by atoms with E-state index in [-0.39, 0.29) is 11.8 Å². The van der Waals surface area contributed by atoms with Gasteiger partial charge in [0.15, 0.2) is 0 Å². The van der Waals surface area contributed by atoms with Gasteiger partial charge in [0, 0.05) is 0 Å². The van der Waals surface area contributed by atoms with Crippen molar-refractivity contribution in [3.63, 3.8) is 0 Å². The summed E-state index contributed by atoms with van der Waals surface area (Å²) in [4.78, 5) is 36.4. The summed E-state index contributed by atoms with van der Waals surface area (Å²) in [7, 11) is 1.27. The highest BCUT2D eigenvalue weighted by Gasteiger charge is 2.32. The second-order valence-electron chi connectivity index (χ2n) is 7.26. The van der Waals surface area contributed by atoms with Crippen LogP contribution in [0, 0.1) is 11.8 Å². The first-order chi connectivity index (χ1) is 10.9. The zero-order valence-corrected chi connectivity index (χ0v) is 16.1. The third kappa shape index (κ3) is 7.66. The van der Waals surface area contributed by atoms with E-state index in [2.05, 4.69) is 10.6 Å². The fourth-order valence-corrected chi connectivity index (χ4v) is 2.00. The molecule has 2 N–H and O–H groups in total. The normalized spacial score (nSPS) is 15.2. The number of hydrogen-bond acceptors (Lipinski definition) is 5. The van der Waals surface area contributed by atoms with Crippen LogP contribution < -0.4 is 10.6 Å². The molecule has 3 atom stereocenters. The Bertz CT molecular complexity index is 443. The average molecular weight is 344 g/mol. The van der Waals surface area contributed by atoms with Crippen LogP contribution in [0.3, 0.4) is 0 Å². The number of hydrogen-bond donors (Lipinski definition) is 2. The molecule has 0 aliphatic carbocycles. The Hall–Kier alpha value is -1.79. The second-order valence-corrected chi connectivity index (χ2v) is 7.26. The lowest BCUT2D eigenvalue weighted by molar-refractivity contribution is -0.146. The standard InChI is InChI=1S/C17H32N2O5/c1-9-11(4)13(19-16(22)24-17(5,6)7)14(20)18-12(10(2)3)15(21)23-8/h10-13H,9H2,1-8H3,(H,18,20)(H,19,22)/t11-,12-,13+/m0/s1. The van der Waals surface area contributed by atoms with Gasteiger partial charge in [-0.25, -0.2) is 9.59 Å². The van der Waals surface area contributed by atoms with Gasteiger partial charge in [-0.3, -0.25) is 4.79 Å². The molecule has 0 heterocycles. The van der Waals surface area contributed by atoms with Crippen LogP contribution in [-0.2, 0) is 19.1 Å². The van der Waals surface area contributed by atoms with Crippen molar-refractivity contribution in [3.8, 4) is 0 Å². The lowest BCUT2D eigenvalue weighted by atomic mass is 9.97. The highest BCUT2D eigenvalue weighted by molar-refractivity contribution is 5.90. The van der Waals surface area contributed by atoms with Crippen molar-refractivity contribution in [1.29, 1.82) is 0 Å². The first kappa shape index (κ1) is 22.2. The van der Waals surface area contributed by atoms with Gasteiger partial charge in [0.1, 0.15) is 17.7 Å². The van der Waals surface area contributed by atoms with Gasteiger partial charge in [-0.05, 0) is 32.6 Å². The molecule has 2 amide bonds. The van der Waals surface area contributed by atoms with Crippen LogP contribution in [-0.4, -0.2) is 42.8 Å². The molecule has 0 aliphatic heterocycles. The minimum absolute atomic E-state index is 0.122. The Kier molecular flexibility index (Phi) is 8.78. The molecule has 0 aromatic heterocycles. The first-order valence-corrected chi connectivity index (χ1v) is 8.30. The average Bonchev–Trinajstić information content (AvgIpc) is 2.46. The summed E-state index contributed by atoms with van der Waals surface area (Å²) in [5, 5.41) is 5.27. The molecule has 140 valence electrons. The predicted molar refractivity (Wildman–Crippen MR) is 91.4 cm³/mol. The zero-order chi connectivity index (χ0) is 19.1. The summed E-state index contributed by atoms with van der Waals surface area (Å²) in [5.74, 6) is -1.21. The van der Waals surface area contributed by atoms with Crippen LogP contribution in [0.15, 0.2) is 0 Å². The van der Waals surface area contributed by atoms with E-state index in [1.165, 1.54) is 7.11 Å². The number of nitrogens with one attached hydrogen (secondary N) is 2. The molecule has 0 saturated heterocycles. The molecule has 0 saturated carbocycles. The van der Waals surface area contributed by atoms with Crippen LogP contribution in [0.25, 0.3) is 0 Å². The van der Waals surface area contributed by atoms with Gasteiger partial charge in [-0.1, -0.05) is 34.1 Å². The fourth-order valence-electron chi connectivity index (χ4n) is 2.00. The molecule has 0 radical (unpaired) electrons. The molecular formula is C17H32N2O5. The molecule has 0 aromatic carbocycles. The maximum Gasteiger partial charge on any atom is 0.408 e. The second kappa shape index (κ2) is 9.49. The lowest BCUT2D eigenvalue weighted by Crippen LogP contribution is -2.56. The van der Waals surface area contributed by atoms with Gasteiger partial charge in [0.2, 0.25) is 5.91 Å². The fraction of sp³-hybridized carbons (Fsp3) is 0.824. The van der Waals surface area contributed by atoms with Crippen LogP contribution in [0.4, 0.5) is 4.79 Å². The highest BCUT2D eigenvalue weighted by Crippen LogP contribution is 2.12. The third-order valence-electron chi connectivity index (χ3n) is 3.59. The van der Waals surface area contributed by atoms with Gasteiger partial charge in [0.25, 0.3) is 0 Å². The number of esters is 1. The largest absolute Gasteiger partial charge is 0.467 e. The monoisotopic (exact) mass is 344 g/mol. The summed E-state index contributed by atoms with van der Waals surface area (Å²) in [5.41, 5.74) is -0.660. The summed E-state index contributed by atoms with van der Waals surface area (Å²) in [6.07, 6.45) is 0.0143. The first-order valence-electron chi connectivity index (χ1n) is 8.30. The van der Waals surface area contributed by atoms with Crippen LogP contribution in [0.1, 0.15) is 54.9 Å². The van der Waals surface area contributed by atoms with Crippen LogP contribution in [0.2, 0.25) is 0 Å². The molecule has 0 unspecified atom stereocenters. The number of methoxy groups -OCH3 is 1. The maximum absolute atomic E-state index is 12.6. The van der Waals surface area contributed by atoms with E-state index in [1.54, 1.807) is 34.6 Å². The van der Waals surface area contributed by atoms with E-state index < -0.39 is 35.7 Å². The van der Waals surface area contributed by atoms with Crippen molar-refractivity contribution in [1.82, 2.24) is 10.6 Å². The molecule has 0 aliphatic rings. The van der Waals surface area contributed by atoms with Gasteiger partial charge in [0.05, 0.1) is 7.11 Å². The quantitative estimate of drug-likeness (QED) is 0.691. The Morgan fingerprint density at radius 3 is 1.92 bits per heavy atom. The summed E-state index contributed by atoms with van der Waals surface area (Å²) in [6, 6.07) is -1.56. The number of carbonyl (C=O) groups excluding carboxylic acids is 3. The summed E-state index contributed by atoms with van der Waals surface area (Å²) in [6.45, 7) is 12.6. The lowest BCUT2D eigenvalue weighted by Gasteiger charge is -2.28. The molecular weight excluding hydrogens is 312 g/mol. The van der Waals surface area contributed by atoms with Gasteiger partial charge < -0.3 is 20.1 Å². The van der Waals surface area contributed by atoms with Crippen LogP contribution in [0.5, 0.6) is 0 Å². The van der Waals surface area contributed by atoms with E-state index in [9.17, 15) is 14.4 Å². The minimum atomic E-state index is -0.796. The van der Waals surface area contributed by atoms with E-state index in [4.69, 9.17) is 9.47 Å². The van der Waals surface area contributed by atoms with Crippen molar-refractivity contribution < 1.29 is 23.9 Å². The number of ether oxygens (including phenoxy) is 2. The Morgan fingerprint density at radius 2 is 1.54 bits per heavy atom. The molecule has 0 spiro atoms. The molecule has 24 heavy (non-hydrogen) atoms. The predicted octanol–water partition coefficient (Wildman–Crippen LogP) is 2.24. The number of amides is 2. The molecule has 0 rings (SSSR count). The topological polar surface area (TPSA) is 93.7 Å². The smallest absolute Gasteiger partial charge is 0.408 e. The van der Waals surface area contributed by atoms with Crippen molar-refractivity contribution >= 4 is 18.0 Å². The van der Waals surface area contributed by atoms with E-state index in [0.717, 1.165) is 0 Å². The summed E-state index contributed by atoms with van der Waals surface area (Å²) < 4.78 is 9.93. The van der Waals surface area contributed by atoms with Crippen LogP contribution >= 0.6 is 0 Å². The Labute approximate surface area is 144 Å². The van der Waals surface area contributed by atoms with Gasteiger partial charge in [-0.15, -0.1) is 0 Å². The Balaban J connectivity index is 5.13. The van der Waals surface area contributed by atoms with E-state index in [1.807, 2.05) is 13.8 Å². The zero-order valence-electron chi connectivity index (χ0n) is 16.1. The SMILES string of the molecule is CC[C@H](C)[C@@H](NC(=O)OC(C)(C)C)C(=O)N[C@H](C(=O)OC)C(C)C. The number of alkyl carbamates (subject to hydrolysis) is 1. The summed E-state index contributed by atoms with van der Waals surface area (Å²) >= 11 is 0. The van der Waals surface area contributed by atoms with E-state index in [0.29, 0.717) is 6.42 Å². The third-order valence-corrected chi connectivity index (χ3v) is 3.59. The minimum Gasteiger partial charge on any atom is -0.467 e. The van der Waals surface area contributed by atoms with Crippen molar-refractivity contribution in [2.24, 2.45) is 11.8 Å². The molecule has 0 bridgehead atoms. The molecule has 0 fully saturated rings. The van der Waals surface area contributed by atoms with E-state index >= 15 is 0 Å². The number of rotatable bonds is 7. The van der Waals surface area contributed by atoms with Gasteiger partial charge >= 0.3 is 12.1 Å². The van der Waals surface area contributed by atoms with Gasteiger partial charge in [-0.2, -0.15) is 0 Å².